The second-order valence-corrected chi connectivity index (χ2v) is 5.13. The number of methoxy groups -OCH3 is 1. The number of aliphatic carboxylic acids is 1. The molecule has 1 aromatic carbocycles. The highest BCUT2D eigenvalue weighted by Crippen LogP contribution is 2.20. The smallest absolute Gasteiger partial charge is 0.306 e. The summed E-state index contributed by atoms with van der Waals surface area (Å²) in [5.74, 6) is -0.614. The molecule has 0 fully saturated rings. The Kier molecular flexibility index (Phi) is 5.83. The maximum absolute atomic E-state index is 11.2. The highest BCUT2D eigenvalue weighted by atomic mass is 16.5. The van der Waals surface area contributed by atoms with E-state index in [-0.39, 0.29) is 12.3 Å². The summed E-state index contributed by atoms with van der Waals surface area (Å²) in [6.45, 7) is 3.77. The molecule has 2 atom stereocenters. The molecule has 0 aliphatic carbocycles. The molecule has 0 aromatic heterocycles. The maximum atomic E-state index is 11.2. The first-order valence-electron chi connectivity index (χ1n) is 6.47. The van der Waals surface area contributed by atoms with E-state index < -0.39 is 18.0 Å². The van der Waals surface area contributed by atoms with Gasteiger partial charge in [0.25, 0.3) is 0 Å². The van der Waals surface area contributed by atoms with Crippen molar-refractivity contribution >= 4 is 5.97 Å². The maximum Gasteiger partial charge on any atom is 0.306 e. The fourth-order valence-electron chi connectivity index (χ4n) is 1.88. The molecule has 2 N–H and O–H groups in total. The van der Waals surface area contributed by atoms with Crippen molar-refractivity contribution in [3.05, 3.63) is 29.8 Å². The van der Waals surface area contributed by atoms with Crippen LogP contribution in [0, 0.1) is 11.8 Å². The van der Waals surface area contributed by atoms with E-state index in [2.05, 4.69) is 0 Å². The zero-order valence-electron chi connectivity index (χ0n) is 11.7. The Balaban J connectivity index is 2.69. The van der Waals surface area contributed by atoms with Gasteiger partial charge in [-0.05, 0) is 36.5 Å². The molecule has 106 valence electrons. The van der Waals surface area contributed by atoms with Crippen molar-refractivity contribution < 1.29 is 19.7 Å². The third-order valence-electron chi connectivity index (χ3n) is 3.29. The minimum Gasteiger partial charge on any atom is -0.497 e. The van der Waals surface area contributed by atoms with E-state index in [0.717, 1.165) is 11.3 Å². The summed E-state index contributed by atoms with van der Waals surface area (Å²) >= 11 is 0. The zero-order chi connectivity index (χ0) is 14.4. The summed E-state index contributed by atoms with van der Waals surface area (Å²) in [6.07, 6.45) is 0.113. The Bertz CT molecular complexity index is 397. The van der Waals surface area contributed by atoms with Crippen LogP contribution >= 0.6 is 0 Å². The van der Waals surface area contributed by atoms with Crippen LogP contribution in [0.4, 0.5) is 0 Å². The number of carbonyl (C=O) groups is 1. The summed E-state index contributed by atoms with van der Waals surface area (Å²) in [5.41, 5.74) is 0.934. The van der Waals surface area contributed by atoms with Gasteiger partial charge in [-0.25, -0.2) is 0 Å². The molecule has 1 rings (SSSR count). The van der Waals surface area contributed by atoms with E-state index in [9.17, 15) is 15.0 Å². The van der Waals surface area contributed by atoms with Crippen LogP contribution in [0.2, 0.25) is 0 Å². The Labute approximate surface area is 114 Å². The second-order valence-electron chi connectivity index (χ2n) is 5.13. The standard InChI is InChI=1S/C15H22O4/c1-10(2)14(16)9-12(15(17)18)8-11-4-6-13(19-3)7-5-11/h4-7,10,12,14,16H,8-9H2,1-3H3,(H,17,18). The van der Waals surface area contributed by atoms with Crippen molar-refractivity contribution in [2.24, 2.45) is 11.8 Å². The third-order valence-corrected chi connectivity index (χ3v) is 3.29. The first-order valence-corrected chi connectivity index (χ1v) is 6.47. The highest BCUT2D eigenvalue weighted by Gasteiger charge is 2.23. The molecule has 4 nitrogen and oxygen atoms in total. The van der Waals surface area contributed by atoms with Crippen molar-refractivity contribution in [1.82, 2.24) is 0 Å². The van der Waals surface area contributed by atoms with Crippen molar-refractivity contribution in [2.45, 2.75) is 32.8 Å². The van der Waals surface area contributed by atoms with E-state index in [4.69, 9.17) is 4.74 Å². The van der Waals surface area contributed by atoms with Gasteiger partial charge in [-0.15, -0.1) is 0 Å². The van der Waals surface area contributed by atoms with Crippen LogP contribution in [0.15, 0.2) is 24.3 Å². The van der Waals surface area contributed by atoms with Gasteiger partial charge >= 0.3 is 5.97 Å². The summed E-state index contributed by atoms with van der Waals surface area (Å²) in [4.78, 5) is 11.2. The molecule has 0 bridgehead atoms. The number of aliphatic hydroxyl groups is 1. The molecule has 0 aliphatic heterocycles. The zero-order valence-corrected chi connectivity index (χ0v) is 11.7. The lowest BCUT2D eigenvalue weighted by Crippen LogP contribution is -2.25. The van der Waals surface area contributed by atoms with E-state index in [1.807, 2.05) is 38.1 Å². The molecule has 1 aromatic rings. The van der Waals surface area contributed by atoms with Gasteiger partial charge < -0.3 is 14.9 Å². The van der Waals surface area contributed by atoms with Gasteiger partial charge in [-0.2, -0.15) is 0 Å². The number of hydrogen-bond donors (Lipinski definition) is 2. The predicted molar refractivity (Wildman–Crippen MR) is 73.3 cm³/mol. The molecule has 0 heterocycles. The normalized spacial score (nSPS) is 14.2. The van der Waals surface area contributed by atoms with Gasteiger partial charge in [-0.3, -0.25) is 4.79 Å². The van der Waals surface area contributed by atoms with Gasteiger partial charge in [0, 0.05) is 0 Å². The minimum atomic E-state index is -0.865. The Morgan fingerprint density at radius 1 is 1.26 bits per heavy atom. The average molecular weight is 266 g/mol. The number of carboxylic acids is 1. The van der Waals surface area contributed by atoms with Crippen molar-refractivity contribution in [1.29, 1.82) is 0 Å². The molecule has 0 saturated carbocycles. The minimum absolute atomic E-state index is 0.0673. The first-order chi connectivity index (χ1) is 8.93. The molecule has 2 unspecified atom stereocenters. The van der Waals surface area contributed by atoms with Crippen molar-refractivity contribution in [3.8, 4) is 5.75 Å². The number of rotatable bonds is 7. The lowest BCUT2D eigenvalue weighted by Gasteiger charge is -2.19. The number of aliphatic hydroxyl groups excluding tert-OH is 1. The number of hydrogen-bond acceptors (Lipinski definition) is 3. The van der Waals surface area contributed by atoms with E-state index in [1.54, 1.807) is 7.11 Å². The monoisotopic (exact) mass is 266 g/mol. The van der Waals surface area contributed by atoms with Gasteiger partial charge in [-0.1, -0.05) is 26.0 Å². The van der Waals surface area contributed by atoms with E-state index in [1.165, 1.54) is 0 Å². The van der Waals surface area contributed by atoms with Crippen LogP contribution in [0.1, 0.15) is 25.8 Å². The average Bonchev–Trinajstić information content (AvgIpc) is 2.38. The molecule has 0 radical (unpaired) electrons. The van der Waals surface area contributed by atoms with Crippen LogP contribution in [-0.2, 0) is 11.2 Å². The quantitative estimate of drug-likeness (QED) is 0.795. The van der Waals surface area contributed by atoms with E-state index in [0.29, 0.717) is 6.42 Å². The molecule has 0 saturated heterocycles. The fraction of sp³-hybridized carbons (Fsp3) is 0.533. The number of carboxylic acid groups (broad SMARTS) is 1. The molecular weight excluding hydrogens is 244 g/mol. The molecule has 0 amide bonds. The third kappa shape index (κ3) is 4.91. The van der Waals surface area contributed by atoms with Crippen LogP contribution in [0.5, 0.6) is 5.75 Å². The molecular formula is C15H22O4. The lowest BCUT2D eigenvalue weighted by atomic mass is 9.90. The SMILES string of the molecule is COc1ccc(CC(CC(O)C(C)C)C(=O)O)cc1. The first kappa shape index (κ1) is 15.5. The summed E-state index contributed by atoms with van der Waals surface area (Å²) in [5, 5.41) is 19.1. The number of benzene rings is 1. The predicted octanol–water partition coefficient (Wildman–Crippen LogP) is 2.35. The summed E-state index contributed by atoms with van der Waals surface area (Å²) in [7, 11) is 1.59. The Morgan fingerprint density at radius 3 is 2.26 bits per heavy atom. The Hall–Kier alpha value is -1.55. The van der Waals surface area contributed by atoms with Crippen LogP contribution in [-0.4, -0.2) is 29.4 Å². The van der Waals surface area contributed by atoms with Crippen LogP contribution in [0.3, 0.4) is 0 Å². The lowest BCUT2D eigenvalue weighted by molar-refractivity contribution is -0.143. The van der Waals surface area contributed by atoms with Gasteiger partial charge in [0.2, 0.25) is 0 Å². The summed E-state index contributed by atoms with van der Waals surface area (Å²) in [6, 6.07) is 7.34. The van der Waals surface area contributed by atoms with Crippen molar-refractivity contribution in [3.63, 3.8) is 0 Å². The van der Waals surface area contributed by atoms with E-state index >= 15 is 0 Å². The second kappa shape index (κ2) is 7.14. The Morgan fingerprint density at radius 2 is 1.84 bits per heavy atom. The van der Waals surface area contributed by atoms with Crippen LogP contribution < -0.4 is 4.74 Å². The molecule has 19 heavy (non-hydrogen) atoms. The molecule has 4 heteroatoms. The van der Waals surface area contributed by atoms with Crippen molar-refractivity contribution in [2.75, 3.05) is 7.11 Å². The molecule has 0 aliphatic rings. The number of ether oxygens (including phenoxy) is 1. The fourth-order valence-corrected chi connectivity index (χ4v) is 1.88. The summed E-state index contributed by atoms with van der Waals surface area (Å²) < 4.78 is 5.06. The topological polar surface area (TPSA) is 66.8 Å². The molecule has 0 spiro atoms. The van der Waals surface area contributed by atoms with Crippen LogP contribution in [0.25, 0.3) is 0 Å². The van der Waals surface area contributed by atoms with Gasteiger partial charge in [0.1, 0.15) is 5.75 Å². The largest absolute Gasteiger partial charge is 0.497 e. The highest BCUT2D eigenvalue weighted by molar-refractivity contribution is 5.70. The van der Waals surface area contributed by atoms with Gasteiger partial charge in [0.15, 0.2) is 0 Å². The van der Waals surface area contributed by atoms with Gasteiger partial charge in [0.05, 0.1) is 19.1 Å².